The SMILES string of the molecule is COC1OC(C)C(C)C(OC2OC(COCc3ccccc3)C(C)C(OC3OC(COCc4ccccc4)C(C)C(C)C3C)C2C)C1OCc1ccccc1. The molecule has 3 saturated heterocycles. The molecule has 302 valence electrons. The molecule has 0 aromatic heterocycles. The van der Waals surface area contributed by atoms with E-state index in [4.69, 9.17) is 42.6 Å². The minimum Gasteiger partial charge on any atom is -0.374 e. The third kappa shape index (κ3) is 10.6. The minimum atomic E-state index is -0.607. The Bertz CT molecular complexity index is 1530. The van der Waals surface area contributed by atoms with E-state index in [1.165, 1.54) is 0 Å². The Hall–Kier alpha value is -2.70. The quantitative estimate of drug-likeness (QED) is 0.143. The maximum absolute atomic E-state index is 7.15. The second kappa shape index (κ2) is 20.1. The van der Waals surface area contributed by atoms with Gasteiger partial charge in [-0.05, 0) is 35.4 Å². The molecular weight excluding hydrogens is 696 g/mol. The summed E-state index contributed by atoms with van der Waals surface area (Å²) in [6.07, 6.45) is -3.23. The van der Waals surface area contributed by atoms with Gasteiger partial charge in [-0.3, -0.25) is 0 Å². The van der Waals surface area contributed by atoms with Gasteiger partial charge in [0.1, 0.15) is 6.10 Å². The van der Waals surface area contributed by atoms with Gasteiger partial charge in [-0.2, -0.15) is 0 Å². The summed E-state index contributed by atoms with van der Waals surface area (Å²) in [5.74, 6) is 0.694. The van der Waals surface area contributed by atoms with Crippen LogP contribution in [-0.4, -0.2) is 75.8 Å². The van der Waals surface area contributed by atoms with Crippen molar-refractivity contribution in [3.05, 3.63) is 108 Å². The predicted molar refractivity (Wildman–Crippen MR) is 211 cm³/mol. The molecule has 0 spiro atoms. The molecule has 3 heterocycles. The fraction of sp³-hybridized carbons (Fsp3) is 0.609. The van der Waals surface area contributed by atoms with Crippen LogP contribution in [0.25, 0.3) is 0 Å². The first-order valence-electron chi connectivity index (χ1n) is 20.3. The standard InChI is InChI=1S/C46H64O9/c1-29-30(2)39(27-48-24-36-18-12-9-13-19-36)52-44(31(29)3)54-41-33(5)40(28-49-25-37-20-14-10-15-21-37)53-45(34(41)6)55-42-32(4)35(7)51-46(47-8)43(42)50-26-38-22-16-11-17-23-38/h9-23,29-35,39-46H,24-28H2,1-8H3. The summed E-state index contributed by atoms with van der Waals surface area (Å²) in [6, 6.07) is 30.6. The van der Waals surface area contributed by atoms with Crippen LogP contribution in [0.3, 0.4) is 0 Å². The highest BCUT2D eigenvalue weighted by Gasteiger charge is 2.51. The van der Waals surface area contributed by atoms with Gasteiger partial charge >= 0.3 is 0 Å². The van der Waals surface area contributed by atoms with Crippen molar-refractivity contribution in [1.82, 2.24) is 0 Å². The van der Waals surface area contributed by atoms with Crippen molar-refractivity contribution in [2.75, 3.05) is 20.3 Å². The topological polar surface area (TPSA) is 83.1 Å². The third-order valence-corrected chi connectivity index (χ3v) is 12.4. The zero-order valence-corrected chi connectivity index (χ0v) is 34.0. The van der Waals surface area contributed by atoms with E-state index in [1.54, 1.807) is 7.11 Å². The van der Waals surface area contributed by atoms with Gasteiger partial charge in [0.25, 0.3) is 0 Å². The van der Waals surface area contributed by atoms with Crippen molar-refractivity contribution < 1.29 is 42.6 Å². The molecule has 3 aliphatic rings. The lowest BCUT2D eigenvalue weighted by atomic mass is 9.78. The van der Waals surface area contributed by atoms with Crippen LogP contribution in [0.2, 0.25) is 0 Å². The average molecular weight is 761 g/mol. The van der Waals surface area contributed by atoms with Crippen LogP contribution in [0.5, 0.6) is 0 Å². The Balaban J connectivity index is 1.20. The molecule has 55 heavy (non-hydrogen) atoms. The lowest BCUT2D eigenvalue weighted by Gasteiger charge is -2.51. The molecule has 9 heteroatoms. The Morgan fingerprint density at radius 2 is 0.909 bits per heavy atom. The highest BCUT2D eigenvalue weighted by molar-refractivity contribution is 5.15. The van der Waals surface area contributed by atoms with Gasteiger partial charge in [-0.15, -0.1) is 0 Å². The van der Waals surface area contributed by atoms with E-state index in [-0.39, 0.29) is 54.2 Å². The van der Waals surface area contributed by atoms with Crippen LogP contribution in [0, 0.1) is 35.5 Å². The number of methoxy groups -OCH3 is 1. The summed E-state index contributed by atoms with van der Waals surface area (Å²) < 4.78 is 59.2. The molecule has 9 nitrogen and oxygen atoms in total. The average Bonchev–Trinajstić information content (AvgIpc) is 3.21. The largest absolute Gasteiger partial charge is 0.374 e. The lowest BCUT2D eigenvalue weighted by molar-refractivity contribution is -0.357. The van der Waals surface area contributed by atoms with Gasteiger partial charge < -0.3 is 42.6 Å². The van der Waals surface area contributed by atoms with Crippen LogP contribution >= 0.6 is 0 Å². The Labute approximate surface area is 329 Å². The van der Waals surface area contributed by atoms with Crippen LogP contribution in [0.4, 0.5) is 0 Å². The molecule has 0 radical (unpaired) electrons. The summed E-state index contributed by atoms with van der Waals surface area (Å²) in [7, 11) is 1.65. The van der Waals surface area contributed by atoms with Crippen LogP contribution < -0.4 is 0 Å². The van der Waals surface area contributed by atoms with Crippen LogP contribution in [0.15, 0.2) is 91.0 Å². The third-order valence-electron chi connectivity index (χ3n) is 12.4. The molecule has 3 aromatic rings. The van der Waals surface area contributed by atoms with Crippen molar-refractivity contribution in [1.29, 1.82) is 0 Å². The van der Waals surface area contributed by atoms with E-state index >= 15 is 0 Å². The zero-order chi connectivity index (χ0) is 38.9. The zero-order valence-electron chi connectivity index (χ0n) is 34.0. The van der Waals surface area contributed by atoms with Gasteiger partial charge in [0.2, 0.25) is 0 Å². The molecule has 0 amide bonds. The Morgan fingerprint density at radius 1 is 0.436 bits per heavy atom. The van der Waals surface area contributed by atoms with E-state index in [1.807, 2.05) is 54.6 Å². The highest BCUT2D eigenvalue weighted by atomic mass is 16.7. The second-order valence-electron chi connectivity index (χ2n) is 16.1. The fourth-order valence-corrected chi connectivity index (χ4v) is 8.20. The van der Waals surface area contributed by atoms with E-state index in [0.29, 0.717) is 44.9 Å². The fourth-order valence-electron chi connectivity index (χ4n) is 8.20. The molecule has 3 aliphatic heterocycles. The van der Waals surface area contributed by atoms with Crippen molar-refractivity contribution >= 4 is 0 Å². The Morgan fingerprint density at radius 3 is 1.44 bits per heavy atom. The predicted octanol–water partition coefficient (Wildman–Crippen LogP) is 8.43. The highest BCUT2D eigenvalue weighted by Crippen LogP contribution is 2.42. The summed E-state index contributed by atoms with van der Waals surface area (Å²) in [6.45, 7) is 17.7. The molecule has 15 atom stereocenters. The molecule has 0 bridgehead atoms. The first-order valence-corrected chi connectivity index (χ1v) is 20.3. The van der Waals surface area contributed by atoms with Crippen LogP contribution in [-0.2, 0) is 62.5 Å². The number of benzene rings is 3. The number of ether oxygens (including phenoxy) is 9. The minimum absolute atomic E-state index is 0.00449. The summed E-state index contributed by atoms with van der Waals surface area (Å²) >= 11 is 0. The molecule has 0 N–H and O–H groups in total. The molecule has 3 fully saturated rings. The molecule has 15 unspecified atom stereocenters. The summed E-state index contributed by atoms with van der Waals surface area (Å²) in [4.78, 5) is 0. The second-order valence-corrected chi connectivity index (χ2v) is 16.1. The van der Waals surface area contributed by atoms with Gasteiger partial charge in [-0.25, -0.2) is 0 Å². The van der Waals surface area contributed by atoms with Crippen molar-refractivity contribution in [2.24, 2.45) is 35.5 Å². The monoisotopic (exact) mass is 760 g/mol. The smallest absolute Gasteiger partial charge is 0.186 e. The number of rotatable bonds is 16. The number of hydrogen-bond acceptors (Lipinski definition) is 9. The molecular formula is C46H64O9. The van der Waals surface area contributed by atoms with E-state index in [2.05, 4.69) is 84.9 Å². The van der Waals surface area contributed by atoms with Gasteiger partial charge in [0.15, 0.2) is 18.9 Å². The Kier molecular flexibility index (Phi) is 15.3. The van der Waals surface area contributed by atoms with Crippen LogP contribution in [0.1, 0.15) is 65.2 Å². The number of hydrogen-bond donors (Lipinski definition) is 0. The summed E-state index contributed by atoms with van der Waals surface area (Å²) in [5, 5.41) is 0. The van der Waals surface area contributed by atoms with E-state index in [9.17, 15) is 0 Å². The maximum atomic E-state index is 7.15. The lowest BCUT2D eigenvalue weighted by Crippen LogP contribution is -2.60. The maximum Gasteiger partial charge on any atom is 0.186 e. The van der Waals surface area contributed by atoms with Crippen molar-refractivity contribution in [3.63, 3.8) is 0 Å². The molecule has 3 aromatic carbocycles. The van der Waals surface area contributed by atoms with E-state index < -0.39 is 25.0 Å². The van der Waals surface area contributed by atoms with Gasteiger partial charge in [0, 0.05) is 30.8 Å². The first-order chi connectivity index (χ1) is 26.6. The molecule has 0 aliphatic carbocycles. The van der Waals surface area contributed by atoms with Crippen molar-refractivity contribution in [2.45, 2.75) is 124 Å². The normalized spacial score (nSPS) is 36.8. The van der Waals surface area contributed by atoms with Gasteiger partial charge in [0.05, 0.1) is 63.6 Å². The summed E-state index contributed by atoms with van der Waals surface area (Å²) in [5.41, 5.74) is 3.33. The molecule has 0 saturated carbocycles. The van der Waals surface area contributed by atoms with Crippen molar-refractivity contribution in [3.8, 4) is 0 Å². The van der Waals surface area contributed by atoms with Gasteiger partial charge in [-0.1, -0.05) is 133 Å². The molecule has 6 rings (SSSR count). The first kappa shape index (κ1) is 41.9. The van der Waals surface area contributed by atoms with E-state index in [0.717, 1.165) is 16.7 Å².